The first kappa shape index (κ1) is 15.5. The van der Waals surface area contributed by atoms with Crippen molar-refractivity contribution >= 4 is 21.8 Å². The number of hydrogen-bond acceptors (Lipinski definition) is 4. The van der Waals surface area contributed by atoms with Crippen LogP contribution in [0.1, 0.15) is 5.69 Å². The van der Waals surface area contributed by atoms with Crippen LogP contribution in [0.3, 0.4) is 0 Å². The molecule has 0 spiro atoms. The number of benzene rings is 2. The van der Waals surface area contributed by atoms with Gasteiger partial charge in [0.15, 0.2) is 5.82 Å². The smallest absolute Gasteiger partial charge is 0.165 e. The molecule has 0 aliphatic carbocycles. The van der Waals surface area contributed by atoms with Crippen LogP contribution in [0.2, 0.25) is 0 Å². The SMILES string of the molecule is Cc1cccc(-c2nc3ccccc3c(=N)n2-c2ccc3cn[nH]c3c2)n1. The molecule has 2 N–H and O–H groups in total. The van der Waals surface area contributed by atoms with E-state index < -0.39 is 0 Å². The molecule has 5 rings (SSSR count). The van der Waals surface area contributed by atoms with Crippen LogP contribution in [0.5, 0.6) is 0 Å². The second-order valence-corrected chi connectivity index (χ2v) is 6.44. The molecule has 3 heterocycles. The minimum atomic E-state index is 0.373. The number of pyridine rings is 1. The summed E-state index contributed by atoms with van der Waals surface area (Å²) in [4.78, 5) is 9.49. The van der Waals surface area contributed by atoms with Crippen molar-refractivity contribution in [2.45, 2.75) is 6.92 Å². The van der Waals surface area contributed by atoms with Gasteiger partial charge in [-0.15, -0.1) is 0 Å². The first-order valence-electron chi connectivity index (χ1n) is 8.65. The van der Waals surface area contributed by atoms with Gasteiger partial charge in [-0.05, 0) is 49.4 Å². The van der Waals surface area contributed by atoms with E-state index >= 15 is 0 Å². The number of rotatable bonds is 2. The second kappa shape index (κ2) is 5.88. The summed E-state index contributed by atoms with van der Waals surface area (Å²) in [6, 6.07) is 19.5. The van der Waals surface area contributed by atoms with Crippen LogP contribution < -0.4 is 5.49 Å². The van der Waals surface area contributed by atoms with Crippen LogP contribution in [0, 0.1) is 12.3 Å². The maximum Gasteiger partial charge on any atom is 0.165 e. The zero-order chi connectivity index (χ0) is 18.4. The molecule has 6 heteroatoms. The molecular formula is C21H16N6. The number of fused-ring (bicyclic) bond motifs is 2. The molecule has 6 nitrogen and oxygen atoms in total. The lowest BCUT2D eigenvalue weighted by Crippen LogP contribution is -2.22. The van der Waals surface area contributed by atoms with Gasteiger partial charge in [0.05, 0.1) is 22.9 Å². The number of aryl methyl sites for hydroxylation is 1. The fraction of sp³-hybridized carbons (Fsp3) is 0.0476. The maximum atomic E-state index is 8.86. The van der Waals surface area contributed by atoms with Crippen molar-refractivity contribution in [3.63, 3.8) is 0 Å². The standard InChI is InChI=1S/C21H16N6/c1-13-5-4-8-18(24-13)21-25-17-7-3-2-6-16(17)20(22)27(21)15-10-9-14-12-23-26-19(14)11-15/h2-12,22H,1H3,(H,23,26). The fourth-order valence-corrected chi connectivity index (χ4v) is 3.32. The highest BCUT2D eigenvalue weighted by molar-refractivity contribution is 5.82. The molecule has 0 fully saturated rings. The highest BCUT2D eigenvalue weighted by Gasteiger charge is 2.14. The predicted octanol–water partition coefficient (Wildman–Crippen LogP) is 3.75. The lowest BCUT2D eigenvalue weighted by Gasteiger charge is -2.15. The van der Waals surface area contributed by atoms with Crippen LogP contribution in [-0.4, -0.2) is 24.7 Å². The van der Waals surface area contributed by atoms with Crippen molar-refractivity contribution in [2.24, 2.45) is 0 Å². The van der Waals surface area contributed by atoms with Crippen molar-refractivity contribution in [1.82, 2.24) is 24.7 Å². The molecule has 0 atom stereocenters. The summed E-state index contributed by atoms with van der Waals surface area (Å²) < 4.78 is 1.84. The number of nitrogens with zero attached hydrogens (tertiary/aromatic N) is 4. The van der Waals surface area contributed by atoms with E-state index in [0.29, 0.717) is 11.3 Å². The van der Waals surface area contributed by atoms with Gasteiger partial charge in [0.2, 0.25) is 0 Å². The molecule has 0 radical (unpaired) electrons. The van der Waals surface area contributed by atoms with Crippen molar-refractivity contribution in [1.29, 1.82) is 5.41 Å². The number of aromatic amines is 1. The summed E-state index contributed by atoms with van der Waals surface area (Å²) >= 11 is 0. The largest absolute Gasteiger partial charge is 0.283 e. The summed E-state index contributed by atoms with van der Waals surface area (Å²) in [5.74, 6) is 0.640. The van der Waals surface area contributed by atoms with E-state index in [2.05, 4.69) is 15.2 Å². The molecule has 0 aliphatic rings. The van der Waals surface area contributed by atoms with Gasteiger partial charge in [-0.25, -0.2) is 9.97 Å². The van der Waals surface area contributed by atoms with E-state index in [4.69, 9.17) is 10.4 Å². The molecule has 27 heavy (non-hydrogen) atoms. The number of nitrogens with one attached hydrogen (secondary N) is 2. The van der Waals surface area contributed by atoms with Gasteiger partial charge in [0, 0.05) is 16.5 Å². The van der Waals surface area contributed by atoms with Crippen molar-refractivity contribution in [3.8, 4) is 17.2 Å². The van der Waals surface area contributed by atoms with Gasteiger partial charge in [0.25, 0.3) is 0 Å². The average Bonchev–Trinajstić information content (AvgIpc) is 3.16. The first-order chi connectivity index (χ1) is 13.2. The lowest BCUT2D eigenvalue weighted by molar-refractivity contribution is 0.914. The van der Waals surface area contributed by atoms with E-state index in [-0.39, 0.29) is 0 Å². The van der Waals surface area contributed by atoms with Crippen LogP contribution in [0.25, 0.3) is 39.0 Å². The third-order valence-electron chi connectivity index (χ3n) is 4.62. The molecule has 3 aromatic heterocycles. The molecule has 130 valence electrons. The average molecular weight is 352 g/mol. The molecule has 0 saturated heterocycles. The Bertz CT molecular complexity index is 1360. The Kier molecular flexibility index (Phi) is 3.36. The second-order valence-electron chi connectivity index (χ2n) is 6.44. The van der Waals surface area contributed by atoms with Gasteiger partial charge >= 0.3 is 0 Å². The summed E-state index contributed by atoms with van der Waals surface area (Å²) in [5.41, 5.74) is 4.55. The maximum absolute atomic E-state index is 8.86. The molecule has 0 bridgehead atoms. The van der Waals surface area contributed by atoms with Gasteiger partial charge in [-0.3, -0.25) is 15.1 Å². The third-order valence-corrected chi connectivity index (χ3v) is 4.62. The molecule has 0 amide bonds. The minimum absolute atomic E-state index is 0.373. The number of H-pyrrole nitrogens is 1. The van der Waals surface area contributed by atoms with E-state index in [0.717, 1.165) is 38.9 Å². The predicted molar refractivity (Wildman–Crippen MR) is 105 cm³/mol. The number of para-hydroxylation sites is 1. The van der Waals surface area contributed by atoms with Crippen molar-refractivity contribution < 1.29 is 0 Å². The van der Waals surface area contributed by atoms with Crippen molar-refractivity contribution in [3.05, 3.63) is 78.0 Å². The summed E-state index contributed by atoms with van der Waals surface area (Å²) in [6.45, 7) is 1.95. The summed E-state index contributed by atoms with van der Waals surface area (Å²) in [5, 5.41) is 17.8. The van der Waals surface area contributed by atoms with Gasteiger partial charge in [-0.2, -0.15) is 5.10 Å². The quantitative estimate of drug-likeness (QED) is 0.507. The zero-order valence-electron chi connectivity index (χ0n) is 14.6. The van der Waals surface area contributed by atoms with E-state index in [1.54, 1.807) is 6.20 Å². The summed E-state index contributed by atoms with van der Waals surface area (Å²) in [7, 11) is 0. The van der Waals surface area contributed by atoms with Gasteiger partial charge < -0.3 is 0 Å². The third kappa shape index (κ3) is 2.50. The van der Waals surface area contributed by atoms with E-state index in [1.165, 1.54) is 0 Å². The van der Waals surface area contributed by atoms with Gasteiger partial charge in [-0.1, -0.05) is 18.2 Å². The van der Waals surface area contributed by atoms with E-state index in [1.807, 2.05) is 72.2 Å². The van der Waals surface area contributed by atoms with Crippen LogP contribution >= 0.6 is 0 Å². The molecule has 0 aliphatic heterocycles. The van der Waals surface area contributed by atoms with Crippen LogP contribution in [0.4, 0.5) is 0 Å². The monoisotopic (exact) mass is 352 g/mol. The Morgan fingerprint density at radius 3 is 2.74 bits per heavy atom. The lowest BCUT2D eigenvalue weighted by atomic mass is 10.2. The molecule has 2 aromatic carbocycles. The molecule has 0 saturated carbocycles. The number of aromatic nitrogens is 5. The van der Waals surface area contributed by atoms with Crippen LogP contribution in [0.15, 0.2) is 66.9 Å². The van der Waals surface area contributed by atoms with Gasteiger partial charge in [0.1, 0.15) is 11.2 Å². The topological polar surface area (TPSA) is 83.2 Å². The zero-order valence-corrected chi connectivity index (χ0v) is 14.6. The van der Waals surface area contributed by atoms with Crippen LogP contribution in [-0.2, 0) is 0 Å². The Hall–Kier alpha value is -3.80. The Morgan fingerprint density at radius 2 is 1.85 bits per heavy atom. The fourth-order valence-electron chi connectivity index (χ4n) is 3.32. The Balaban J connectivity index is 1.89. The van der Waals surface area contributed by atoms with E-state index in [9.17, 15) is 0 Å². The minimum Gasteiger partial charge on any atom is -0.283 e. The Labute approximate surface area is 154 Å². The highest BCUT2D eigenvalue weighted by atomic mass is 15.1. The highest BCUT2D eigenvalue weighted by Crippen LogP contribution is 2.23. The Morgan fingerprint density at radius 1 is 0.963 bits per heavy atom. The normalized spacial score (nSPS) is 11.3. The number of hydrogen-bond donors (Lipinski definition) is 2. The molecule has 0 unspecified atom stereocenters. The first-order valence-corrected chi connectivity index (χ1v) is 8.65. The summed E-state index contributed by atoms with van der Waals surface area (Å²) in [6.07, 6.45) is 1.78. The van der Waals surface area contributed by atoms with Crippen molar-refractivity contribution in [2.75, 3.05) is 0 Å². The molecular weight excluding hydrogens is 336 g/mol. The molecule has 5 aromatic rings.